The van der Waals surface area contributed by atoms with Gasteiger partial charge >= 0.3 is 0 Å². The SMILES string of the molecule is COc1ccc(OC)c(-c2csc(NC(=O)CNC(=O)c3ccoc3C)n2)c1. The molecule has 0 spiro atoms. The Morgan fingerprint density at radius 2 is 2.04 bits per heavy atom. The van der Waals surface area contributed by atoms with Crippen LogP contribution in [0.3, 0.4) is 0 Å². The van der Waals surface area contributed by atoms with Crippen LogP contribution in [0.15, 0.2) is 40.3 Å². The van der Waals surface area contributed by atoms with Crippen molar-refractivity contribution in [3.8, 4) is 22.8 Å². The molecule has 0 aliphatic carbocycles. The lowest BCUT2D eigenvalue weighted by Gasteiger charge is -2.08. The fraction of sp³-hybridized carbons (Fsp3) is 0.211. The van der Waals surface area contributed by atoms with Gasteiger partial charge in [0.15, 0.2) is 5.13 Å². The van der Waals surface area contributed by atoms with E-state index in [0.29, 0.717) is 33.6 Å². The molecule has 2 aromatic heterocycles. The number of amides is 2. The maximum Gasteiger partial charge on any atom is 0.255 e. The highest BCUT2D eigenvalue weighted by Crippen LogP contribution is 2.34. The van der Waals surface area contributed by atoms with Crippen LogP contribution in [-0.4, -0.2) is 37.6 Å². The number of aryl methyl sites for hydroxylation is 1. The van der Waals surface area contributed by atoms with Crippen molar-refractivity contribution in [1.29, 1.82) is 0 Å². The highest BCUT2D eigenvalue weighted by atomic mass is 32.1. The third-order valence-electron chi connectivity index (χ3n) is 3.95. The van der Waals surface area contributed by atoms with Crippen LogP contribution in [0.1, 0.15) is 16.1 Å². The summed E-state index contributed by atoms with van der Waals surface area (Å²) in [5, 5.41) is 7.44. The van der Waals surface area contributed by atoms with E-state index in [2.05, 4.69) is 15.6 Å². The van der Waals surface area contributed by atoms with Crippen molar-refractivity contribution >= 4 is 28.3 Å². The van der Waals surface area contributed by atoms with Crippen LogP contribution in [0.25, 0.3) is 11.3 Å². The molecule has 0 aliphatic rings. The first-order chi connectivity index (χ1) is 13.5. The molecule has 0 unspecified atom stereocenters. The third-order valence-corrected chi connectivity index (χ3v) is 4.70. The molecule has 2 amide bonds. The number of hydrogen-bond donors (Lipinski definition) is 2. The number of nitrogens with zero attached hydrogens (tertiary/aromatic N) is 1. The van der Waals surface area contributed by atoms with Crippen molar-refractivity contribution in [3.05, 3.63) is 47.2 Å². The van der Waals surface area contributed by atoms with Crippen molar-refractivity contribution in [3.63, 3.8) is 0 Å². The maximum absolute atomic E-state index is 12.1. The highest BCUT2D eigenvalue weighted by molar-refractivity contribution is 7.14. The van der Waals surface area contributed by atoms with Gasteiger partial charge in [0.05, 0.1) is 38.3 Å². The quantitative estimate of drug-likeness (QED) is 0.631. The summed E-state index contributed by atoms with van der Waals surface area (Å²) in [6, 6.07) is 6.95. The first-order valence-electron chi connectivity index (χ1n) is 8.32. The lowest BCUT2D eigenvalue weighted by atomic mass is 10.1. The number of aromatic nitrogens is 1. The van der Waals surface area contributed by atoms with Gasteiger partial charge in [0, 0.05) is 10.9 Å². The third kappa shape index (κ3) is 4.32. The number of methoxy groups -OCH3 is 2. The molecule has 3 aromatic rings. The Bertz CT molecular complexity index is 995. The second-order valence-electron chi connectivity index (χ2n) is 5.73. The molecule has 0 saturated heterocycles. The van der Waals surface area contributed by atoms with E-state index in [1.165, 1.54) is 17.6 Å². The molecule has 0 atom stereocenters. The molecule has 28 heavy (non-hydrogen) atoms. The van der Waals surface area contributed by atoms with E-state index >= 15 is 0 Å². The fourth-order valence-corrected chi connectivity index (χ4v) is 3.24. The van der Waals surface area contributed by atoms with Gasteiger partial charge in [-0.2, -0.15) is 0 Å². The first kappa shape index (κ1) is 19.4. The van der Waals surface area contributed by atoms with Gasteiger partial charge in [-0.3, -0.25) is 9.59 Å². The summed E-state index contributed by atoms with van der Waals surface area (Å²) in [6.07, 6.45) is 1.42. The summed E-state index contributed by atoms with van der Waals surface area (Å²) in [5.41, 5.74) is 1.80. The lowest BCUT2D eigenvalue weighted by Crippen LogP contribution is -2.32. The van der Waals surface area contributed by atoms with Gasteiger partial charge in [0.2, 0.25) is 5.91 Å². The second kappa shape index (κ2) is 8.57. The van der Waals surface area contributed by atoms with Crippen LogP contribution in [0.2, 0.25) is 0 Å². The van der Waals surface area contributed by atoms with Crippen molar-refractivity contribution in [2.75, 3.05) is 26.1 Å². The summed E-state index contributed by atoms with van der Waals surface area (Å²) >= 11 is 1.27. The zero-order chi connectivity index (χ0) is 20.1. The topological polar surface area (TPSA) is 103 Å². The highest BCUT2D eigenvalue weighted by Gasteiger charge is 2.15. The Balaban J connectivity index is 1.64. The van der Waals surface area contributed by atoms with Gasteiger partial charge < -0.3 is 24.5 Å². The van der Waals surface area contributed by atoms with E-state index in [1.807, 2.05) is 6.07 Å². The summed E-state index contributed by atoms with van der Waals surface area (Å²) in [6.45, 7) is 1.50. The predicted octanol–water partition coefficient (Wildman–Crippen LogP) is 3.10. The smallest absolute Gasteiger partial charge is 0.255 e. The number of carbonyl (C=O) groups is 2. The molecular weight excluding hydrogens is 382 g/mol. The standard InChI is InChI=1S/C19H19N3O5S/c1-11-13(6-7-27-11)18(24)20-9-17(23)22-19-21-15(10-28-19)14-8-12(25-2)4-5-16(14)26-3/h4-8,10H,9H2,1-3H3,(H,20,24)(H,21,22,23). The number of anilines is 1. The van der Waals surface area contributed by atoms with Gasteiger partial charge in [-0.05, 0) is 31.2 Å². The van der Waals surface area contributed by atoms with Crippen molar-refractivity contribution < 1.29 is 23.5 Å². The average molecular weight is 401 g/mol. The summed E-state index contributed by atoms with van der Waals surface area (Å²) in [5.74, 6) is 1.06. The molecule has 146 valence electrons. The minimum absolute atomic E-state index is 0.180. The molecule has 1 aromatic carbocycles. The number of nitrogens with one attached hydrogen (secondary N) is 2. The number of rotatable bonds is 7. The number of hydrogen-bond acceptors (Lipinski definition) is 7. The monoisotopic (exact) mass is 401 g/mol. The minimum Gasteiger partial charge on any atom is -0.497 e. The number of carbonyl (C=O) groups excluding carboxylic acids is 2. The van der Waals surface area contributed by atoms with E-state index in [4.69, 9.17) is 13.9 Å². The minimum atomic E-state index is -0.381. The van der Waals surface area contributed by atoms with Gasteiger partial charge in [0.1, 0.15) is 17.3 Å². The molecule has 0 bridgehead atoms. The summed E-state index contributed by atoms with van der Waals surface area (Å²) < 4.78 is 15.7. The Hall–Kier alpha value is -3.33. The number of ether oxygens (including phenoxy) is 2. The lowest BCUT2D eigenvalue weighted by molar-refractivity contribution is -0.115. The van der Waals surface area contributed by atoms with Crippen molar-refractivity contribution in [2.24, 2.45) is 0 Å². The van der Waals surface area contributed by atoms with E-state index < -0.39 is 0 Å². The molecule has 0 radical (unpaired) electrons. The Morgan fingerprint density at radius 1 is 1.21 bits per heavy atom. The normalized spacial score (nSPS) is 10.4. The van der Waals surface area contributed by atoms with Crippen LogP contribution < -0.4 is 20.1 Å². The number of thiazole rings is 1. The van der Waals surface area contributed by atoms with Crippen LogP contribution in [0, 0.1) is 6.92 Å². The number of furan rings is 1. The molecule has 2 heterocycles. The molecule has 3 rings (SSSR count). The molecule has 0 saturated carbocycles. The van der Waals surface area contributed by atoms with E-state index in [1.54, 1.807) is 44.7 Å². The van der Waals surface area contributed by atoms with E-state index in [0.717, 1.165) is 5.56 Å². The Labute approximate surface area is 165 Å². The van der Waals surface area contributed by atoms with Crippen LogP contribution in [-0.2, 0) is 4.79 Å². The largest absolute Gasteiger partial charge is 0.497 e. The molecule has 9 heteroatoms. The van der Waals surface area contributed by atoms with Crippen LogP contribution in [0.4, 0.5) is 5.13 Å². The van der Waals surface area contributed by atoms with E-state index in [-0.39, 0.29) is 18.4 Å². The number of benzene rings is 1. The Kier molecular flexibility index (Phi) is 5.95. The zero-order valence-electron chi connectivity index (χ0n) is 15.6. The maximum atomic E-state index is 12.1. The molecular formula is C19H19N3O5S. The average Bonchev–Trinajstić information content (AvgIpc) is 3.34. The van der Waals surface area contributed by atoms with Gasteiger partial charge in [-0.15, -0.1) is 11.3 Å². The summed E-state index contributed by atoms with van der Waals surface area (Å²) in [4.78, 5) is 28.5. The van der Waals surface area contributed by atoms with Crippen LogP contribution >= 0.6 is 11.3 Å². The van der Waals surface area contributed by atoms with Gasteiger partial charge in [0.25, 0.3) is 5.91 Å². The van der Waals surface area contributed by atoms with Gasteiger partial charge in [-0.25, -0.2) is 4.98 Å². The van der Waals surface area contributed by atoms with E-state index in [9.17, 15) is 9.59 Å². The first-order valence-corrected chi connectivity index (χ1v) is 9.20. The fourth-order valence-electron chi connectivity index (χ4n) is 2.51. The summed E-state index contributed by atoms with van der Waals surface area (Å²) in [7, 11) is 3.16. The second-order valence-corrected chi connectivity index (χ2v) is 6.58. The zero-order valence-corrected chi connectivity index (χ0v) is 16.4. The molecule has 8 nitrogen and oxygen atoms in total. The van der Waals surface area contributed by atoms with Gasteiger partial charge in [-0.1, -0.05) is 0 Å². The molecule has 0 aliphatic heterocycles. The molecule has 2 N–H and O–H groups in total. The van der Waals surface area contributed by atoms with Crippen LogP contribution in [0.5, 0.6) is 11.5 Å². The molecule has 0 fully saturated rings. The predicted molar refractivity (Wildman–Crippen MR) is 105 cm³/mol. The van der Waals surface area contributed by atoms with Crippen molar-refractivity contribution in [2.45, 2.75) is 6.92 Å². The Morgan fingerprint density at radius 3 is 2.71 bits per heavy atom. The van der Waals surface area contributed by atoms with Crippen molar-refractivity contribution in [1.82, 2.24) is 10.3 Å².